The van der Waals surface area contributed by atoms with Gasteiger partial charge in [-0.15, -0.1) is 0 Å². The van der Waals surface area contributed by atoms with Crippen LogP contribution in [0.5, 0.6) is 0 Å². The molecule has 0 aliphatic carbocycles. The van der Waals surface area contributed by atoms with Gasteiger partial charge in [-0.05, 0) is 36.1 Å². The number of rotatable bonds is 2. The third-order valence-corrected chi connectivity index (χ3v) is 2.75. The van der Waals surface area contributed by atoms with E-state index in [-0.39, 0.29) is 17.7 Å². The Kier molecular flexibility index (Phi) is 2.86. The van der Waals surface area contributed by atoms with Crippen LogP contribution in [0.3, 0.4) is 0 Å². The van der Waals surface area contributed by atoms with Crippen LogP contribution in [0.15, 0.2) is 29.1 Å². The topological polar surface area (TPSA) is 83.1 Å². The van der Waals surface area contributed by atoms with Gasteiger partial charge >= 0.3 is 5.97 Å². The Bertz CT molecular complexity index is 738. The molecule has 5 heteroatoms. The lowest BCUT2D eigenvalue weighted by molar-refractivity contribution is 0.0697. The van der Waals surface area contributed by atoms with Gasteiger partial charge in [0.15, 0.2) is 0 Å². The van der Waals surface area contributed by atoms with Gasteiger partial charge in [-0.1, -0.05) is 0 Å². The Morgan fingerprint density at radius 2 is 2.17 bits per heavy atom. The second-order valence-electron chi connectivity index (χ2n) is 3.95. The average Bonchev–Trinajstić information content (AvgIpc) is 2.32. The summed E-state index contributed by atoms with van der Waals surface area (Å²) in [6.45, 7) is 1.67. The Morgan fingerprint density at radius 1 is 1.44 bits per heavy atom. The minimum Gasteiger partial charge on any atom is -0.478 e. The van der Waals surface area contributed by atoms with Crippen molar-refractivity contribution in [2.45, 2.75) is 13.5 Å². The lowest BCUT2D eigenvalue weighted by atomic mass is 10.1. The smallest absolute Gasteiger partial charge is 0.335 e. The second kappa shape index (κ2) is 4.34. The SMILES string of the molecule is Cc1cc(C(=O)O)cc2ccc(=O)n(CC#N)c12. The van der Waals surface area contributed by atoms with Gasteiger partial charge < -0.3 is 5.11 Å². The zero-order chi connectivity index (χ0) is 13.3. The van der Waals surface area contributed by atoms with Crippen LogP contribution in [0.25, 0.3) is 10.9 Å². The number of hydrogen-bond donors (Lipinski definition) is 1. The number of benzene rings is 1. The summed E-state index contributed by atoms with van der Waals surface area (Å²) < 4.78 is 1.34. The first kappa shape index (κ1) is 11.9. The number of hydrogen-bond acceptors (Lipinski definition) is 3. The minimum absolute atomic E-state index is 0.0522. The summed E-state index contributed by atoms with van der Waals surface area (Å²) in [7, 11) is 0. The summed E-state index contributed by atoms with van der Waals surface area (Å²) in [5.41, 5.74) is 1.17. The third-order valence-electron chi connectivity index (χ3n) is 2.75. The molecule has 2 aromatic rings. The average molecular weight is 242 g/mol. The summed E-state index contributed by atoms with van der Waals surface area (Å²) >= 11 is 0. The highest BCUT2D eigenvalue weighted by Gasteiger charge is 2.10. The summed E-state index contributed by atoms with van der Waals surface area (Å²) in [4.78, 5) is 22.6. The Morgan fingerprint density at radius 3 is 2.78 bits per heavy atom. The van der Waals surface area contributed by atoms with E-state index in [4.69, 9.17) is 10.4 Å². The molecule has 90 valence electrons. The lowest BCUT2D eigenvalue weighted by Crippen LogP contribution is -2.19. The van der Waals surface area contributed by atoms with Gasteiger partial charge in [0.25, 0.3) is 5.56 Å². The van der Waals surface area contributed by atoms with E-state index in [1.54, 1.807) is 13.0 Å². The second-order valence-corrected chi connectivity index (χ2v) is 3.95. The number of fused-ring (bicyclic) bond motifs is 1. The standard InChI is InChI=1S/C13H10N2O3/c1-8-6-10(13(17)18)7-9-2-3-11(16)15(5-4-14)12(8)9/h2-3,6-7H,5H2,1H3,(H,17,18). The number of aromatic nitrogens is 1. The van der Waals surface area contributed by atoms with Crippen LogP contribution in [0, 0.1) is 18.3 Å². The molecule has 18 heavy (non-hydrogen) atoms. The van der Waals surface area contributed by atoms with Crippen molar-refractivity contribution in [3.05, 3.63) is 45.7 Å². The van der Waals surface area contributed by atoms with Crippen molar-refractivity contribution in [2.24, 2.45) is 0 Å². The maximum Gasteiger partial charge on any atom is 0.335 e. The molecule has 1 heterocycles. The highest BCUT2D eigenvalue weighted by atomic mass is 16.4. The molecule has 0 unspecified atom stereocenters. The first-order valence-electron chi connectivity index (χ1n) is 5.29. The minimum atomic E-state index is -1.02. The molecule has 2 rings (SSSR count). The van der Waals surface area contributed by atoms with Gasteiger partial charge in [0.2, 0.25) is 0 Å². The molecule has 0 saturated heterocycles. The monoisotopic (exact) mass is 242 g/mol. The summed E-state index contributed by atoms with van der Waals surface area (Å²) in [5.74, 6) is -1.02. The number of carboxylic acid groups (broad SMARTS) is 1. The fourth-order valence-electron chi connectivity index (χ4n) is 2.01. The first-order chi connectivity index (χ1) is 8.54. The van der Waals surface area contributed by atoms with Crippen molar-refractivity contribution in [1.82, 2.24) is 4.57 Å². The van der Waals surface area contributed by atoms with E-state index >= 15 is 0 Å². The Balaban J connectivity index is 2.88. The van der Waals surface area contributed by atoms with Crippen molar-refractivity contribution < 1.29 is 9.90 Å². The quantitative estimate of drug-likeness (QED) is 0.865. The van der Waals surface area contributed by atoms with Crippen LogP contribution in [0.1, 0.15) is 15.9 Å². The van der Waals surface area contributed by atoms with Gasteiger partial charge in [-0.2, -0.15) is 5.26 Å². The normalized spacial score (nSPS) is 10.2. The molecule has 1 aromatic heterocycles. The van der Waals surface area contributed by atoms with Crippen LogP contribution in [-0.4, -0.2) is 15.6 Å². The number of nitrogens with zero attached hydrogens (tertiary/aromatic N) is 2. The lowest BCUT2D eigenvalue weighted by Gasteiger charge is -2.10. The zero-order valence-electron chi connectivity index (χ0n) is 9.67. The molecule has 0 aliphatic rings. The Hall–Kier alpha value is -2.61. The van der Waals surface area contributed by atoms with E-state index in [0.717, 1.165) is 0 Å². The maximum absolute atomic E-state index is 11.7. The number of nitriles is 1. The molecule has 0 radical (unpaired) electrons. The van der Waals surface area contributed by atoms with Crippen molar-refractivity contribution >= 4 is 16.9 Å². The molecule has 0 bridgehead atoms. The van der Waals surface area contributed by atoms with Crippen LogP contribution < -0.4 is 5.56 Å². The molecule has 5 nitrogen and oxygen atoms in total. The van der Waals surface area contributed by atoms with Crippen LogP contribution >= 0.6 is 0 Å². The van der Waals surface area contributed by atoms with Crippen molar-refractivity contribution in [3.63, 3.8) is 0 Å². The number of pyridine rings is 1. The van der Waals surface area contributed by atoms with Crippen molar-refractivity contribution in [1.29, 1.82) is 5.26 Å². The highest BCUT2D eigenvalue weighted by molar-refractivity contribution is 5.94. The van der Waals surface area contributed by atoms with Gasteiger partial charge in [0, 0.05) is 6.07 Å². The summed E-state index contributed by atoms with van der Waals surface area (Å²) in [6, 6.07) is 7.84. The molecule has 0 spiro atoms. The molecule has 0 amide bonds. The number of aryl methyl sites for hydroxylation is 1. The molecule has 1 N–H and O–H groups in total. The van der Waals surface area contributed by atoms with Gasteiger partial charge in [0.1, 0.15) is 6.54 Å². The predicted molar refractivity (Wildman–Crippen MR) is 65.5 cm³/mol. The van der Waals surface area contributed by atoms with E-state index < -0.39 is 5.97 Å². The van der Waals surface area contributed by atoms with Crippen LogP contribution in [0.4, 0.5) is 0 Å². The molecule has 0 atom stereocenters. The Labute approximate surface area is 103 Å². The van der Waals surface area contributed by atoms with Gasteiger partial charge in [0.05, 0.1) is 17.1 Å². The van der Waals surface area contributed by atoms with E-state index in [2.05, 4.69) is 0 Å². The predicted octanol–water partition coefficient (Wildman–Crippen LogP) is 1.53. The molecule has 1 aromatic carbocycles. The number of carboxylic acids is 1. The largest absolute Gasteiger partial charge is 0.478 e. The molecule has 0 aliphatic heterocycles. The molecule has 0 saturated carbocycles. The van der Waals surface area contributed by atoms with Crippen molar-refractivity contribution in [3.8, 4) is 6.07 Å². The third kappa shape index (κ3) is 1.84. The summed E-state index contributed by atoms with van der Waals surface area (Å²) in [6.07, 6.45) is 0. The number of aromatic carboxylic acids is 1. The van der Waals surface area contributed by atoms with Crippen LogP contribution in [-0.2, 0) is 6.54 Å². The molecule has 0 fully saturated rings. The van der Waals surface area contributed by atoms with E-state index in [1.165, 1.54) is 22.8 Å². The first-order valence-corrected chi connectivity index (χ1v) is 5.29. The highest BCUT2D eigenvalue weighted by Crippen LogP contribution is 2.19. The number of carbonyl (C=O) groups is 1. The van der Waals surface area contributed by atoms with E-state index in [0.29, 0.717) is 16.5 Å². The fourth-order valence-corrected chi connectivity index (χ4v) is 2.01. The van der Waals surface area contributed by atoms with Crippen molar-refractivity contribution in [2.75, 3.05) is 0 Å². The van der Waals surface area contributed by atoms with Crippen LogP contribution in [0.2, 0.25) is 0 Å². The fraction of sp³-hybridized carbons (Fsp3) is 0.154. The zero-order valence-corrected chi connectivity index (χ0v) is 9.67. The van der Waals surface area contributed by atoms with Gasteiger partial charge in [-0.3, -0.25) is 9.36 Å². The van der Waals surface area contributed by atoms with E-state index in [9.17, 15) is 9.59 Å². The maximum atomic E-state index is 11.7. The molecular weight excluding hydrogens is 232 g/mol. The summed E-state index contributed by atoms with van der Waals surface area (Å²) in [5, 5.41) is 18.3. The van der Waals surface area contributed by atoms with E-state index in [1.807, 2.05) is 6.07 Å². The van der Waals surface area contributed by atoms with Gasteiger partial charge in [-0.25, -0.2) is 4.79 Å². The molecular formula is C13H10N2O3.